The third-order valence-electron chi connectivity index (χ3n) is 4.09. The molecule has 98 valence electrons. The molecule has 1 saturated heterocycles. The highest BCUT2D eigenvalue weighted by Crippen LogP contribution is 2.35. The van der Waals surface area contributed by atoms with E-state index in [4.69, 9.17) is 4.74 Å². The fourth-order valence-corrected chi connectivity index (χ4v) is 3.09. The number of ether oxygens (including phenoxy) is 1. The number of nitrogens with zero attached hydrogens (tertiary/aromatic N) is 1. The van der Waals surface area contributed by atoms with Gasteiger partial charge in [0.1, 0.15) is 0 Å². The van der Waals surface area contributed by atoms with Gasteiger partial charge in [-0.25, -0.2) is 0 Å². The predicted molar refractivity (Wildman–Crippen MR) is 66.8 cm³/mol. The minimum absolute atomic E-state index is 0.260. The molecule has 0 spiro atoms. The van der Waals surface area contributed by atoms with Gasteiger partial charge in [0, 0.05) is 26.7 Å². The van der Waals surface area contributed by atoms with Gasteiger partial charge in [-0.15, -0.1) is 0 Å². The molecule has 0 radical (unpaired) electrons. The average Bonchev–Trinajstić information content (AvgIpc) is 2.78. The Kier molecular flexibility index (Phi) is 4.80. The molecular formula is C13H24N2O2. The minimum atomic E-state index is 0.260. The van der Waals surface area contributed by atoms with E-state index in [0.29, 0.717) is 13.2 Å². The molecular weight excluding hydrogens is 216 g/mol. The molecule has 0 aromatic carbocycles. The number of carbonyl (C=O) groups is 1. The zero-order valence-electron chi connectivity index (χ0n) is 10.8. The van der Waals surface area contributed by atoms with Crippen LogP contribution in [0.25, 0.3) is 0 Å². The first-order valence-electron chi connectivity index (χ1n) is 6.78. The van der Waals surface area contributed by atoms with Crippen LogP contribution < -0.4 is 5.32 Å². The Bertz CT molecular complexity index is 244. The molecule has 4 nitrogen and oxygen atoms in total. The molecule has 0 bridgehead atoms. The average molecular weight is 240 g/mol. The summed E-state index contributed by atoms with van der Waals surface area (Å²) in [5.74, 6) is 1.83. The van der Waals surface area contributed by atoms with Crippen LogP contribution in [0.5, 0.6) is 0 Å². The summed E-state index contributed by atoms with van der Waals surface area (Å²) in [5, 5.41) is 3.13. The van der Waals surface area contributed by atoms with Gasteiger partial charge in [0.05, 0.1) is 13.2 Å². The first-order chi connectivity index (χ1) is 8.31. The molecule has 4 heteroatoms. The van der Waals surface area contributed by atoms with Crippen molar-refractivity contribution >= 4 is 5.91 Å². The van der Waals surface area contributed by atoms with Crippen LogP contribution in [0.1, 0.15) is 25.7 Å². The first kappa shape index (κ1) is 12.8. The minimum Gasteiger partial charge on any atom is -0.383 e. The van der Waals surface area contributed by atoms with E-state index in [1.54, 1.807) is 7.11 Å². The lowest BCUT2D eigenvalue weighted by Gasteiger charge is -2.22. The maximum Gasteiger partial charge on any atom is 0.236 e. The summed E-state index contributed by atoms with van der Waals surface area (Å²) in [7, 11) is 1.68. The van der Waals surface area contributed by atoms with Crippen molar-refractivity contribution < 1.29 is 9.53 Å². The highest BCUT2D eigenvalue weighted by Gasteiger charge is 2.35. The van der Waals surface area contributed by atoms with Crippen LogP contribution >= 0.6 is 0 Å². The first-order valence-corrected chi connectivity index (χ1v) is 6.78. The van der Waals surface area contributed by atoms with Crippen LogP contribution in [-0.2, 0) is 9.53 Å². The number of rotatable bonds is 5. The quantitative estimate of drug-likeness (QED) is 0.725. The van der Waals surface area contributed by atoms with Crippen molar-refractivity contribution in [2.24, 2.45) is 11.8 Å². The molecule has 1 amide bonds. The van der Waals surface area contributed by atoms with E-state index in [2.05, 4.69) is 10.2 Å². The second-order valence-electron chi connectivity index (χ2n) is 5.27. The fraction of sp³-hybridized carbons (Fsp3) is 0.923. The molecule has 1 aliphatic carbocycles. The van der Waals surface area contributed by atoms with E-state index >= 15 is 0 Å². The maximum absolute atomic E-state index is 12.0. The van der Waals surface area contributed by atoms with Gasteiger partial charge in [-0.3, -0.25) is 4.79 Å². The van der Waals surface area contributed by atoms with E-state index in [1.165, 1.54) is 25.7 Å². The Balaban J connectivity index is 1.70. The van der Waals surface area contributed by atoms with E-state index in [-0.39, 0.29) is 5.91 Å². The molecule has 17 heavy (non-hydrogen) atoms. The van der Waals surface area contributed by atoms with Crippen LogP contribution in [0, 0.1) is 11.8 Å². The van der Waals surface area contributed by atoms with Gasteiger partial charge in [-0.1, -0.05) is 12.8 Å². The van der Waals surface area contributed by atoms with Crippen molar-refractivity contribution in [3.8, 4) is 0 Å². The lowest BCUT2D eigenvalue weighted by atomic mass is 9.82. The number of amides is 1. The molecule has 1 aliphatic heterocycles. The van der Waals surface area contributed by atoms with Gasteiger partial charge in [0.15, 0.2) is 0 Å². The molecule has 1 N–H and O–H groups in total. The standard InChI is InChI=1S/C13H24N2O2/c1-17-7-6-14-8-13(16)15-9-11-4-2-3-5-12(11)10-15/h11-12,14H,2-10H2,1H3. The molecule has 2 rings (SSSR count). The summed E-state index contributed by atoms with van der Waals surface area (Å²) in [6, 6.07) is 0. The van der Waals surface area contributed by atoms with Gasteiger partial charge in [0.2, 0.25) is 5.91 Å². The molecule has 2 fully saturated rings. The molecule has 2 atom stereocenters. The Hall–Kier alpha value is -0.610. The number of likely N-dealkylation sites (tertiary alicyclic amines) is 1. The monoisotopic (exact) mass is 240 g/mol. The van der Waals surface area contributed by atoms with E-state index in [0.717, 1.165) is 31.5 Å². The van der Waals surface area contributed by atoms with Gasteiger partial charge in [-0.2, -0.15) is 0 Å². The van der Waals surface area contributed by atoms with Gasteiger partial charge < -0.3 is 15.0 Å². The van der Waals surface area contributed by atoms with Gasteiger partial charge in [-0.05, 0) is 24.7 Å². The fourth-order valence-electron chi connectivity index (χ4n) is 3.09. The number of hydrogen-bond donors (Lipinski definition) is 1. The zero-order chi connectivity index (χ0) is 12.1. The topological polar surface area (TPSA) is 41.6 Å². The smallest absolute Gasteiger partial charge is 0.236 e. The van der Waals surface area contributed by atoms with Crippen molar-refractivity contribution in [1.29, 1.82) is 0 Å². The highest BCUT2D eigenvalue weighted by atomic mass is 16.5. The van der Waals surface area contributed by atoms with Crippen LogP contribution in [0.4, 0.5) is 0 Å². The Morgan fingerprint density at radius 3 is 2.53 bits per heavy atom. The molecule has 1 heterocycles. The van der Waals surface area contributed by atoms with Crippen LogP contribution in [0.2, 0.25) is 0 Å². The number of nitrogens with one attached hydrogen (secondary N) is 1. The molecule has 2 unspecified atom stereocenters. The summed E-state index contributed by atoms with van der Waals surface area (Å²) < 4.78 is 4.94. The summed E-state index contributed by atoms with van der Waals surface area (Å²) in [5.41, 5.74) is 0. The Morgan fingerprint density at radius 2 is 1.94 bits per heavy atom. The summed E-state index contributed by atoms with van der Waals surface area (Å²) >= 11 is 0. The number of methoxy groups -OCH3 is 1. The lowest BCUT2D eigenvalue weighted by molar-refractivity contribution is -0.129. The molecule has 0 aromatic heterocycles. The molecule has 2 aliphatic rings. The van der Waals surface area contributed by atoms with Crippen LogP contribution in [0.15, 0.2) is 0 Å². The van der Waals surface area contributed by atoms with Crippen molar-refractivity contribution in [3.05, 3.63) is 0 Å². The van der Waals surface area contributed by atoms with E-state index < -0.39 is 0 Å². The lowest BCUT2D eigenvalue weighted by Crippen LogP contribution is -2.37. The maximum atomic E-state index is 12.0. The summed E-state index contributed by atoms with van der Waals surface area (Å²) in [6.07, 6.45) is 5.36. The largest absolute Gasteiger partial charge is 0.383 e. The van der Waals surface area contributed by atoms with Crippen molar-refractivity contribution in [3.63, 3.8) is 0 Å². The Morgan fingerprint density at radius 1 is 1.29 bits per heavy atom. The predicted octanol–water partition coefficient (Wildman–Crippen LogP) is 0.871. The zero-order valence-corrected chi connectivity index (χ0v) is 10.8. The van der Waals surface area contributed by atoms with Gasteiger partial charge in [0.25, 0.3) is 0 Å². The second kappa shape index (κ2) is 6.36. The number of carbonyl (C=O) groups excluding carboxylic acids is 1. The third-order valence-corrected chi connectivity index (χ3v) is 4.09. The molecule has 1 saturated carbocycles. The number of fused-ring (bicyclic) bond motifs is 1. The van der Waals surface area contributed by atoms with Gasteiger partial charge >= 0.3 is 0 Å². The van der Waals surface area contributed by atoms with E-state index in [9.17, 15) is 4.79 Å². The van der Waals surface area contributed by atoms with Crippen molar-refractivity contribution in [2.45, 2.75) is 25.7 Å². The third kappa shape index (κ3) is 3.42. The van der Waals surface area contributed by atoms with Crippen LogP contribution in [-0.4, -0.2) is 50.7 Å². The normalized spacial score (nSPS) is 28.2. The SMILES string of the molecule is COCCNCC(=O)N1CC2CCCCC2C1. The van der Waals surface area contributed by atoms with E-state index in [1.807, 2.05) is 0 Å². The second-order valence-corrected chi connectivity index (χ2v) is 5.27. The van der Waals surface area contributed by atoms with Crippen molar-refractivity contribution in [1.82, 2.24) is 10.2 Å². The van der Waals surface area contributed by atoms with Crippen LogP contribution in [0.3, 0.4) is 0 Å². The molecule has 0 aromatic rings. The summed E-state index contributed by atoms with van der Waals surface area (Å²) in [4.78, 5) is 14.0. The van der Waals surface area contributed by atoms with Crippen molar-refractivity contribution in [2.75, 3.05) is 39.9 Å². The Labute approximate surface area is 104 Å². The number of hydrogen-bond acceptors (Lipinski definition) is 3. The highest BCUT2D eigenvalue weighted by molar-refractivity contribution is 5.78. The summed E-state index contributed by atoms with van der Waals surface area (Å²) in [6.45, 7) is 3.87.